The summed E-state index contributed by atoms with van der Waals surface area (Å²) in [4.78, 5) is 13.6. The van der Waals surface area contributed by atoms with Crippen molar-refractivity contribution in [3.8, 4) is 0 Å². The average molecular weight is 248 g/mol. The zero-order chi connectivity index (χ0) is 13.1. The number of amides is 2. The van der Waals surface area contributed by atoms with E-state index in [0.29, 0.717) is 5.92 Å². The minimum atomic E-state index is -0.522. The van der Waals surface area contributed by atoms with Crippen LogP contribution in [0, 0.1) is 5.92 Å². The Morgan fingerprint density at radius 2 is 2.28 bits per heavy atom. The van der Waals surface area contributed by atoms with Crippen molar-refractivity contribution in [3.63, 3.8) is 0 Å². The Labute approximate surface area is 108 Å². The Bertz CT molecular complexity index is 428. The smallest absolute Gasteiger partial charge is 0.321 e. The maximum atomic E-state index is 11.9. The summed E-state index contributed by atoms with van der Waals surface area (Å²) in [6.07, 6.45) is 1.94. The Morgan fingerprint density at radius 3 is 2.89 bits per heavy atom. The van der Waals surface area contributed by atoms with E-state index in [1.165, 1.54) is 12.8 Å². The van der Waals surface area contributed by atoms with E-state index in [-0.39, 0.29) is 6.03 Å². The van der Waals surface area contributed by atoms with Crippen LogP contribution in [0.4, 0.5) is 10.5 Å². The summed E-state index contributed by atoms with van der Waals surface area (Å²) < 4.78 is 0. The molecule has 0 radical (unpaired) electrons. The molecule has 2 amide bonds. The number of aliphatic hydroxyl groups excluding tert-OH is 1. The molecule has 0 saturated heterocycles. The summed E-state index contributed by atoms with van der Waals surface area (Å²) in [7, 11) is 1.81. The first-order valence-corrected chi connectivity index (χ1v) is 6.36. The zero-order valence-corrected chi connectivity index (χ0v) is 10.9. The van der Waals surface area contributed by atoms with Crippen molar-refractivity contribution >= 4 is 11.7 Å². The Hall–Kier alpha value is -1.55. The van der Waals surface area contributed by atoms with Gasteiger partial charge in [-0.25, -0.2) is 4.79 Å². The molecule has 0 spiro atoms. The van der Waals surface area contributed by atoms with E-state index in [4.69, 9.17) is 0 Å². The lowest BCUT2D eigenvalue weighted by Gasteiger charge is -2.18. The monoisotopic (exact) mass is 248 g/mol. The first-order chi connectivity index (χ1) is 8.56. The van der Waals surface area contributed by atoms with Crippen molar-refractivity contribution in [1.29, 1.82) is 0 Å². The van der Waals surface area contributed by atoms with Gasteiger partial charge in [-0.05, 0) is 43.4 Å². The largest absolute Gasteiger partial charge is 0.389 e. The molecule has 4 heteroatoms. The van der Waals surface area contributed by atoms with Gasteiger partial charge in [0.05, 0.1) is 6.10 Å². The number of anilines is 1. The summed E-state index contributed by atoms with van der Waals surface area (Å²) in [5, 5.41) is 12.3. The minimum absolute atomic E-state index is 0.0929. The van der Waals surface area contributed by atoms with Crippen LogP contribution in [0.5, 0.6) is 0 Å². The average Bonchev–Trinajstić information content (AvgIpc) is 3.13. The van der Waals surface area contributed by atoms with Crippen LogP contribution < -0.4 is 5.32 Å². The SMILES string of the molecule is CC(O)c1cccc(NC(=O)N(C)CC2CC2)c1. The standard InChI is InChI=1S/C14H20N2O2/c1-10(17)12-4-3-5-13(8-12)15-14(18)16(2)9-11-6-7-11/h3-5,8,10-11,17H,6-7,9H2,1-2H3,(H,15,18). The molecule has 0 bridgehead atoms. The van der Waals surface area contributed by atoms with Gasteiger partial charge in [0.25, 0.3) is 0 Å². The lowest BCUT2D eigenvalue weighted by molar-refractivity contribution is 0.199. The van der Waals surface area contributed by atoms with E-state index in [1.54, 1.807) is 17.9 Å². The van der Waals surface area contributed by atoms with Gasteiger partial charge in [0.1, 0.15) is 0 Å². The zero-order valence-electron chi connectivity index (χ0n) is 10.9. The van der Waals surface area contributed by atoms with E-state index >= 15 is 0 Å². The molecular formula is C14H20N2O2. The molecule has 98 valence electrons. The lowest BCUT2D eigenvalue weighted by Crippen LogP contribution is -2.32. The molecule has 0 aromatic heterocycles. The highest BCUT2D eigenvalue weighted by atomic mass is 16.3. The van der Waals surface area contributed by atoms with Crippen molar-refractivity contribution in [2.75, 3.05) is 18.9 Å². The number of hydrogen-bond acceptors (Lipinski definition) is 2. The fourth-order valence-corrected chi connectivity index (χ4v) is 1.87. The van der Waals surface area contributed by atoms with E-state index in [0.717, 1.165) is 17.8 Å². The molecule has 1 aliphatic rings. The molecule has 1 unspecified atom stereocenters. The summed E-state index contributed by atoms with van der Waals surface area (Å²) in [5.74, 6) is 0.685. The normalized spacial score (nSPS) is 16.2. The third-order valence-corrected chi connectivity index (χ3v) is 3.20. The van der Waals surface area contributed by atoms with Gasteiger partial charge in [-0.3, -0.25) is 0 Å². The molecule has 1 aromatic rings. The van der Waals surface area contributed by atoms with E-state index in [9.17, 15) is 9.90 Å². The summed E-state index contributed by atoms with van der Waals surface area (Å²) in [6.45, 7) is 2.53. The van der Waals surface area contributed by atoms with Crippen molar-refractivity contribution in [3.05, 3.63) is 29.8 Å². The molecule has 1 fully saturated rings. The number of carbonyl (C=O) groups is 1. The van der Waals surface area contributed by atoms with Gasteiger partial charge in [-0.1, -0.05) is 12.1 Å². The lowest BCUT2D eigenvalue weighted by atomic mass is 10.1. The van der Waals surface area contributed by atoms with Gasteiger partial charge in [0.2, 0.25) is 0 Å². The number of hydrogen-bond donors (Lipinski definition) is 2. The van der Waals surface area contributed by atoms with Gasteiger partial charge in [-0.15, -0.1) is 0 Å². The highest BCUT2D eigenvalue weighted by Gasteiger charge is 2.24. The van der Waals surface area contributed by atoms with Crippen LogP contribution in [0.1, 0.15) is 31.4 Å². The van der Waals surface area contributed by atoms with E-state index in [2.05, 4.69) is 5.32 Å². The Morgan fingerprint density at radius 1 is 1.56 bits per heavy atom. The van der Waals surface area contributed by atoms with Crippen LogP contribution in [0.2, 0.25) is 0 Å². The van der Waals surface area contributed by atoms with Gasteiger partial charge in [-0.2, -0.15) is 0 Å². The Balaban J connectivity index is 1.94. The van der Waals surface area contributed by atoms with Crippen molar-refractivity contribution < 1.29 is 9.90 Å². The van der Waals surface area contributed by atoms with Crippen LogP contribution in [-0.4, -0.2) is 29.6 Å². The maximum Gasteiger partial charge on any atom is 0.321 e. The fraction of sp³-hybridized carbons (Fsp3) is 0.500. The number of benzene rings is 1. The van der Waals surface area contributed by atoms with Crippen LogP contribution >= 0.6 is 0 Å². The molecule has 2 N–H and O–H groups in total. The summed E-state index contributed by atoms with van der Waals surface area (Å²) in [5.41, 5.74) is 1.53. The summed E-state index contributed by atoms with van der Waals surface area (Å²) in [6, 6.07) is 7.21. The first-order valence-electron chi connectivity index (χ1n) is 6.36. The van der Waals surface area contributed by atoms with Crippen LogP contribution in [0.3, 0.4) is 0 Å². The molecule has 0 aliphatic heterocycles. The predicted octanol–water partition coefficient (Wildman–Crippen LogP) is 2.61. The second-order valence-corrected chi connectivity index (χ2v) is 5.06. The number of nitrogens with zero attached hydrogens (tertiary/aromatic N) is 1. The van der Waals surface area contributed by atoms with Crippen molar-refractivity contribution in [1.82, 2.24) is 4.90 Å². The topological polar surface area (TPSA) is 52.6 Å². The highest BCUT2D eigenvalue weighted by molar-refractivity contribution is 5.89. The molecule has 1 aliphatic carbocycles. The van der Waals surface area contributed by atoms with Gasteiger partial charge in [0, 0.05) is 19.3 Å². The number of nitrogens with one attached hydrogen (secondary N) is 1. The van der Waals surface area contributed by atoms with Crippen LogP contribution in [-0.2, 0) is 0 Å². The maximum absolute atomic E-state index is 11.9. The third-order valence-electron chi connectivity index (χ3n) is 3.20. The second-order valence-electron chi connectivity index (χ2n) is 5.06. The molecule has 1 aromatic carbocycles. The molecule has 2 rings (SSSR count). The number of carbonyl (C=O) groups excluding carboxylic acids is 1. The molecule has 4 nitrogen and oxygen atoms in total. The molecule has 18 heavy (non-hydrogen) atoms. The minimum Gasteiger partial charge on any atom is -0.389 e. The van der Waals surface area contributed by atoms with Crippen LogP contribution in [0.25, 0.3) is 0 Å². The van der Waals surface area contributed by atoms with Gasteiger partial charge < -0.3 is 15.3 Å². The second kappa shape index (κ2) is 5.40. The first kappa shape index (κ1) is 12.9. The van der Waals surface area contributed by atoms with Gasteiger partial charge in [0.15, 0.2) is 0 Å². The third kappa shape index (κ3) is 3.47. The molecule has 1 saturated carbocycles. The molecule has 0 heterocycles. The van der Waals surface area contributed by atoms with Crippen LogP contribution in [0.15, 0.2) is 24.3 Å². The van der Waals surface area contributed by atoms with Crippen molar-refractivity contribution in [2.45, 2.75) is 25.9 Å². The fourth-order valence-electron chi connectivity index (χ4n) is 1.87. The number of aliphatic hydroxyl groups is 1. The molecular weight excluding hydrogens is 228 g/mol. The van der Waals surface area contributed by atoms with Crippen molar-refractivity contribution in [2.24, 2.45) is 5.92 Å². The number of rotatable bonds is 4. The quantitative estimate of drug-likeness (QED) is 0.860. The Kier molecular flexibility index (Phi) is 3.87. The van der Waals surface area contributed by atoms with Gasteiger partial charge >= 0.3 is 6.03 Å². The highest BCUT2D eigenvalue weighted by Crippen LogP contribution is 2.29. The number of urea groups is 1. The van der Waals surface area contributed by atoms with E-state index < -0.39 is 6.10 Å². The summed E-state index contributed by atoms with van der Waals surface area (Å²) >= 11 is 0. The predicted molar refractivity (Wildman–Crippen MR) is 71.4 cm³/mol. The van der Waals surface area contributed by atoms with E-state index in [1.807, 2.05) is 25.2 Å². The molecule has 1 atom stereocenters.